The number of hydrogen-bond acceptors (Lipinski definition) is 3. The molecule has 0 aliphatic rings. The zero-order chi connectivity index (χ0) is 23.0. The lowest BCUT2D eigenvalue weighted by atomic mass is 10.1. The summed E-state index contributed by atoms with van der Waals surface area (Å²) >= 11 is 6.93. The lowest BCUT2D eigenvalue weighted by Crippen LogP contribution is -2.50. The molecule has 0 saturated heterocycles. The topological polar surface area (TPSA) is 58.6 Å². The largest absolute Gasteiger partial charge is 0.483 e. The van der Waals surface area contributed by atoms with Gasteiger partial charge in [0.15, 0.2) is 6.61 Å². The van der Waals surface area contributed by atoms with Gasteiger partial charge in [-0.05, 0) is 78.0 Å². The molecular formula is C24H30Br2N2O3. The summed E-state index contributed by atoms with van der Waals surface area (Å²) in [5.41, 5.74) is 2.12. The van der Waals surface area contributed by atoms with Crippen LogP contribution in [-0.2, 0) is 22.6 Å². The van der Waals surface area contributed by atoms with Gasteiger partial charge in [0.25, 0.3) is 5.91 Å². The summed E-state index contributed by atoms with van der Waals surface area (Å²) in [5, 5.41) is 2.97. The van der Waals surface area contributed by atoms with Gasteiger partial charge in [-0.15, -0.1) is 0 Å². The molecule has 0 fully saturated rings. The number of carbonyl (C=O) groups is 2. The van der Waals surface area contributed by atoms with Crippen LogP contribution < -0.4 is 10.1 Å². The van der Waals surface area contributed by atoms with Crippen LogP contribution in [0.3, 0.4) is 0 Å². The van der Waals surface area contributed by atoms with Gasteiger partial charge in [-0.3, -0.25) is 9.59 Å². The molecule has 0 aliphatic carbocycles. The number of nitrogens with one attached hydrogen (secondary N) is 1. The first-order valence-electron chi connectivity index (χ1n) is 10.5. The number of amides is 2. The van der Waals surface area contributed by atoms with Gasteiger partial charge in [0.05, 0.1) is 4.47 Å². The highest BCUT2D eigenvalue weighted by molar-refractivity contribution is 9.10. The van der Waals surface area contributed by atoms with E-state index in [4.69, 9.17) is 4.74 Å². The molecule has 2 aromatic carbocycles. The molecule has 0 saturated carbocycles. The third-order valence-electron chi connectivity index (χ3n) is 5.19. The van der Waals surface area contributed by atoms with Crippen LogP contribution >= 0.6 is 31.9 Å². The van der Waals surface area contributed by atoms with Gasteiger partial charge in [0, 0.05) is 17.1 Å². The van der Waals surface area contributed by atoms with Crippen LogP contribution in [0.5, 0.6) is 5.75 Å². The Morgan fingerprint density at radius 3 is 2.26 bits per heavy atom. The summed E-state index contributed by atoms with van der Waals surface area (Å²) in [4.78, 5) is 27.4. The fourth-order valence-electron chi connectivity index (χ4n) is 2.94. The van der Waals surface area contributed by atoms with Crippen molar-refractivity contribution in [1.82, 2.24) is 10.2 Å². The third kappa shape index (κ3) is 7.65. The quantitative estimate of drug-likeness (QED) is 0.423. The summed E-state index contributed by atoms with van der Waals surface area (Å²) < 4.78 is 7.56. The zero-order valence-electron chi connectivity index (χ0n) is 18.5. The molecule has 0 unspecified atom stereocenters. The predicted octanol–water partition coefficient (Wildman–Crippen LogP) is 5.48. The monoisotopic (exact) mass is 552 g/mol. The Morgan fingerprint density at radius 2 is 1.68 bits per heavy atom. The van der Waals surface area contributed by atoms with Crippen LogP contribution in [-0.4, -0.2) is 35.4 Å². The second-order valence-electron chi connectivity index (χ2n) is 7.55. The highest BCUT2D eigenvalue weighted by Crippen LogP contribution is 2.26. The van der Waals surface area contributed by atoms with E-state index in [-0.39, 0.29) is 24.5 Å². The van der Waals surface area contributed by atoms with Crippen molar-refractivity contribution < 1.29 is 14.3 Å². The van der Waals surface area contributed by atoms with Crippen molar-refractivity contribution in [2.45, 2.75) is 59.2 Å². The van der Waals surface area contributed by atoms with E-state index in [9.17, 15) is 9.59 Å². The van der Waals surface area contributed by atoms with Crippen molar-refractivity contribution >= 4 is 43.7 Å². The first-order chi connectivity index (χ1) is 14.7. The fraction of sp³-hybridized carbons (Fsp3) is 0.417. The fourth-order valence-corrected chi connectivity index (χ4v) is 3.74. The van der Waals surface area contributed by atoms with Gasteiger partial charge in [-0.25, -0.2) is 0 Å². The Bertz CT molecular complexity index is 887. The predicted molar refractivity (Wildman–Crippen MR) is 131 cm³/mol. The molecule has 2 atom stereocenters. The van der Waals surface area contributed by atoms with Crippen molar-refractivity contribution in [3.63, 3.8) is 0 Å². The summed E-state index contributed by atoms with van der Waals surface area (Å²) in [6, 6.07) is 13.0. The Morgan fingerprint density at radius 1 is 1.03 bits per heavy atom. The molecule has 0 aliphatic heterocycles. The van der Waals surface area contributed by atoms with Gasteiger partial charge in [-0.2, -0.15) is 0 Å². The molecule has 0 heterocycles. The van der Waals surface area contributed by atoms with E-state index in [1.54, 1.807) is 11.8 Å². The second kappa shape index (κ2) is 12.2. The average Bonchev–Trinajstić information content (AvgIpc) is 2.76. The van der Waals surface area contributed by atoms with Crippen molar-refractivity contribution in [2.75, 3.05) is 6.61 Å². The van der Waals surface area contributed by atoms with Gasteiger partial charge in [0.2, 0.25) is 5.91 Å². The molecule has 168 valence electrons. The van der Waals surface area contributed by atoms with Crippen molar-refractivity contribution in [3.05, 3.63) is 62.5 Å². The highest BCUT2D eigenvalue weighted by Gasteiger charge is 2.27. The van der Waals surface area contributed by atoms with Crippen LogP contribution in [0.25, 0.3) is 0 Å². The lowest BCUT2D eigenvalue weighted by molar-refractivity contribution is -0.142. The molecular weight excluding hydrogens is 524 g/mol. The van der Waals surface area contributed by atoms with Crippen LogP contribution in [0.4, 0.5) is 0 Å². The third-order valence-corrected chi connectivity index (χ3v) is 6.34. The Balaban J connectivity index is 2.16. The molecule has 0 aromatic heterocycles. The van der Waals surface area contributed by atoms with Crippen molar-refractivity contribution in [1.29, 1.82) is 0 Å². The molecule has 31 heavy (non-hydrogen) atoms. The van der Waals surface area contributed by atoms with Crippen LogP contribution in [0.1, 0.15) is 45.2 Å². The summed E-state index contributed by atoms with van der Waals surface area (Å²) in [5.74, 6) is 0.181. The van der Waals surface area contributed by atoms with E-state index < -0.39 is 6.04 Å². The molecule has 0 radical (unpaired) electrons. The minimum atomic E-state index is -0.625. The number of halogens is 2. The summed E-state index contributed by atoms with van der Waals surface area (Å²) in [6.07, 6.45) is 1.74. The van der Waals surface area contributed by atoms with Crippen LogP contribution in [0, 0.1) is 0 Å². The second-order valence-corrected chi connectivity index (χ2v) is 9.32. The number of carbonyl (C=O) groups excluding carboxylic acids is 2. The maximum Gasteiger partial charge on any atom is 0.261 e. The van der Waals surface area contributed by atoms with Gasteiger partial charge < -0.3 is 15.0 Å². The van der Waals surface area contributed by atoms with Gasteiger partial charge in [-0.1, -0.05) is 48.0 Å². The van der Waals surface area contributed by atoms with E-state index in [0.717, 1.165) is 27.4 Å². The van der Waals surface area contributed by atoms with Gasteiger partial charge >= 0.3 is 0 Å². The zero-order valence-corrected chi connectivity index (χ0v) is 21.6. The molecule has 2 aromatic rings. The molecule has 5 nitrogen and oxygen atoms in total. The van der Waals surface area contributed by atoms with E-state index in [2.05, 4.69) is 44.1 Å². The first-order valence-corrected chi connectivity index (χ1v) is 12.1. The molecule has 0 spiro atoms. The van der Waals surface area contributed by atoms with E-state index in [1.165, 1.54) is 5.56 Å². The summed E-state index contributed by atoms with van der Waals surface area (Å²) in [6.45, 7) is 7.96. The molecule has 2 amide bonds. The molecule has 7 heteroatoms. The maximum atomic E-state index is 13.1. The number of nitrogens with zero attached hydrogens (tertiary/aromatic N) is 1. The Labute approximate surface area is 201 Å². The molecule has 0 bridgehead atoms. The Hall–Kier alpha value is -1.86. The number of hydrogen-bond donors (Lipinski definition) is 1. The highest BCUT2D eigenvalue weighted by atomic mass is 79.9. The van der Waals surface area contributed by atoms with Crippen LogP contribution in [0.15, 0.2) is 51.4 Å². The molecule has 2 rings (SSSR count). The van der Waals surface area contributed by atoms with Crippen molar-refractivity contribution in [2.24, 2.45) is 0 Å². The summed E-state index contributed by atoms with van der Waals surface area (Å²) in [7, 11) is 0. The Kier molecular flexibility index (Phi) is 10.0. The minimum Gasteiger partial charge on any atom is -0.483 e. The number of benzene rings is 2. The SMILES string of the molecule is CCc1ccc(OCC(=O)N(Cc2ccc(Br)cc2)[C@H](C)C(=O)N[C@H](C)CC)c(Br)c1. The van der Waals surface area contributed by atoms with E-state index in [1.807, 2.05) is 56.3 Å². The maximum absolute atomic E-state index is 13.1. The van der Waals surface area contributed by atoms with Gasteiger partial charge in [0.1, 0.15) is 11.8 Å². The number of aryl methyl sites for hydroxylation is 1. The normalized spacial score (nSPS) is 12.7. The van der Waals surface area contributed by atoms with E-state index >= 15 is 0 Å². The minimum absolute atomic E-state index is 0.0452. The number of rotatable bonds is 10. The van der Waals surface area contributed by atoms with Crippen LogP contribution in [0.2, 0.25) is 0 Å². The first kappa shape index (κ1) is 25.4. The molecule has 1 N–H and O–H groups in total. The average molecular weight is 554 g/mol. The number of ether oxygens (including phenoxy) is 1. The smallest absolute Gasteiger partial charge is 0.261 e. The lowest BCUT2D eigenvalue weighted by Gasteiger charge is -2.29. The van der Waals surface area contributed by atoms with Crippen molar-refractivity contribution in [3.8, 4) is 5.75 Å². The standard InChI is InChI=1S/C24H30Br2N2O3/c1-5-16(3)27-24(30)17(4)28(14-19-7-10-20(25)11-8-19)23(29)15-31-22-12-9-18(6-2)13-21(22)26/h7-13,16-17H,5-6,14-15H2,1-4H3,(H,27,30)/t16-,17-/m1/s1. The van der Waals surface area contributed by atoms with E-state index in [0.29, 0.717) is 12.3 Å².